The zero-order chi connectivity index (χ0) is 27.0. The van der Waals surface area contributed by atoms with Crippen molar-refractivity contribution in [2.45, 2.75) is 19.5 Å². The first-order valence-corrected chi connectivity index (χ1v) is 12.3. The number of carbonyl (C=O) groups is 1. The molecule has 1 fully saturated rings. The Morgan fingerprint density at radius 2 is 1.84 bits per heavy atom. The number of amides is 1. The van der Waals surface area contributed by atoms with E-state index >= 15 is 0 Å². The third kappa shape index (κ3) is 7.78. The summed E-state index contributed by atoms with van der Waals surface area (Å²) < 4.78 is 44.3. The van der Waals surface area contributed by atoms with Gasteiger partial charge in [-0.2, -0.15) is 13.2 Å². The molecule has 1 saturated heterocycles. The molecule has 4 rings (SSSR count). The van der Waals surface area contributed by atoms with Crippen LogP contribution in [0.5, 0.6) is 0 Å². The Labute approximate surface area is 219 Å². The summed E-state index contributed by atoms with van der Waals surface area (Å²) in [6, 6.07) is 9.43. The van der Waals surface area contributed by atoms with Gasteiger partial charge < -0.3 is 15.4 Å². The Kier molecular flexibility index (Phi) is 8.94. The van der Waals surface area contributed by atoms with Crippen LogP contribution in [0.2, 0.25) is 0 Å². The normalized spacial score (nSPS) is 13.9. The number of rotatable bonds is 7. The highest BCUT2D eigenvalue weighted by Crippen LogP contribution is 2.29. The number of halogens is 3. The summed E-state index contributed by atoms with van der Waals surface area (Å²) in [6.07, 6.45) is -0.271. The van der Waals surface area contributed by atoms with Crippen molar-refractivity contribution in [3.63, 3.8) is 0 Å². The lowest BCUT2D eigenvalue weighted by Gasteiger charge is -2.26. The van der Waals surface area contributed by atoms with Crippen molar-refractivity contribution in [1.29, 1.82) is 0 Å². The third-order valence-electron chi connectivity index (χ3n) is 5.98. The smallest absolute Gasteiger partial charge is 0.379 e. The first-order valence-electron chi connectivity index (χ1n) is 12.3. The first-order chi connectivity index (χ1) is 18.3. The van der Waals surface area contributed by atoms with E-state index in [9.17, 15) is 18.0 Å². The molecule has 0 atom stereocenters. The van der Waals surface area contributed by atoms with E-state index in [-0.39, 0.29) is 5.56 Å². The number of ether oxygens (including phenoxy) is 1. The summed E-state index contributed by atoms with van der Waals surface area (Å²) in [4.78, 5) is 23.5. The highest BCUT2D eigenvalue weighted by molar-refractivity contribution is 6.04. The third-order valence-corrected chi connectivity index (χ3v) is 5.98. The fraction of sp³-hybridized carbons (Fsp3) is 0.321. The molecule has 0 radical (unpaired) electrons. The van der Waals surface area contributed by atoms with Crippen molar-refractivity contribution in [3.8, 4) is 11.8 Å². The average molecular weight is 524 g/mol. The monoisotopic (exact) mass is 523 g/mol. The maximum Gasteiger partial charge on any atom is 0.416 e. The van der Waals surface area contributed by atoms with Crippen LogP contribution in [0, 0.1) is 18.8 Å². The molecule has 1 amide bonds. The molecule has 0 aliphatic carbocycles. The predicted octanol–water partition coefficient (Wildman–Crippen LogP) is 4.59. The molecular formula is C28H28F3N5O2. The zero-order valence-corrected chi connectivity index (χ0v) is 20.9. The number of nitrogens with one attached hydrogen (secondary N) is 2. The molecule has 10 heteroatoms. The van der Waals surface area contributed by atoms with Crippen LogP contribution in [0.15, 0.2) is 54.9 Å². The van der Waals surface area contributed by atoms with Crippen LogP contribution >= 0.6 is 0 Å². The minimum absolute atomic E-state index is 0.0834. The maximum atomic E-state index is 13.0. The maximum absolute atomic E-state index is 13.0. The topological polar surface area (TPSA) is 79.4 Å². The summed E-state index contributed by atoms with van der Waals surface area (Å²) in [6.45, 7) is 7.15. The minimum Gasteiger partial charge on any atom is -0.379 e. The molecule has 7 nitrogen and oxygen atoms in total. The standard InChI is InChI=1S/C28H28F3N5O2/c1-20-6-9-25(35-26(37)23-4-2-5-24(16-23)28(29,30)31)17-22(20)8-7-21-18-33-27(34-19-21)32-10-3-11-36-12-14-38-15-13-36/h2,4-6,9,16-19H,3,10-15H2,1H3,(H,35,37)(H,32,33,34). The molecule has 38 heavy (non-hydrogen) atoms. The van der Waals surface area contributed by atoms with Gasteiger partial charge in [0.15, 0.2) is 0 Å². The highest BCUT2D eigenvalue weighted by Gasteiger charge is 2.30. The van der Waals surface area contributed by atoms with Gasteiger partial charge in [0.1, 0.15) is 0 Å². The van der Waals surface area contributed by atoms with Gasteiger partial charge in [-0.25, -0.2) is 9.97 Å². The number of carbonyl (C=O) groups excluding carboxylic acids is 1. The van der Waals surface area contributed by atoms with Crippen molar-refractivity contribution in [2.24, 2.45) is 0 Å². The van der Waals surface area contributed by atoms with Crippen molar-refractivity contribution < 1.29 is 22.7 Å². The van der Waals surface area contributed by atoms with Gasteiger partial charge in [-0.1, -0.05) is 24.0 Å². The van der Waals surface area contributed by atoms with Crippen LogP contribution in [-0.4, -0.2) is 60.2 Å². The first kappa shape index (κ1) is 27.1. The Morgan fingerprint density at radius 1 is 1.08 bits per heavy atom. The number of hydrogen-bond donors (Lipinski definition) is 2. The van der Waals surface area contributed by atoms with E-state index in [0.29, 0.717) is 22.8 Å². The summed E-state index contributed by atoms with van der Waals surface area (Å²) in [5, 5.41) is 5.85. The van der Waals surface area contributed by atoms with Crippen LogP contribution in [0.4, 0.5) is 24.8 Å². The second-order valence-electron chi connectivity index (χ2n) is 8.84. The second-order valence-corrected chi connectivity index (χ2v) is 8.84. The molecule has 0 saturated carbocycles. The lowest BCUT2D eigenvalue weighted by molar-refractivity contribution is -0.137. The molecule has 2 aromatic carbocycles. The molecule has 0 unspecified atom stereocenters. The zero-order valence-electron chi connectivity index (χ0n) is 20.9. The number of aromatic nitrogens is 2. The van der Waals surface area contributed by atoms with Gasteiger partial charge >= 0.3 is 6.18 Å². The van der Waals surface area contributed by atoms with E-state index in [1.165, 1.54) is 12.1 Å². The number of nitrogens with zero attached hydrogens (tertiary/aromatic N) is 3. The predicted molar refractivity (Wildman–Crippen MR) is 139 cm³/mol. The van der Waals surface area contributed by atoms with Crippen molar-refractivity contribution >= 4 is 17.5 Å². The van der Waals surface area contributed by atoms with Crippen LogP contribution in [0.25, 0.3) is 0 Å². The summed E-state index contributed by atoms with van der Waals surface area (Å²) in [5.41, 5.74) is 1.64. The van der Waals surface area contributed by atoms with Gasteiger partial charge in [0.25, 0.3) is 5.91 Å². The number of benzene rings is 2. The van der Waals surface area contributed by atoms with E-state index < -0.39 is 17.6 Å². The van der Waals surface area contributed by atoms with E-state index in [2.05, 4.69) is 37.3 Å². The van der Waals surface area contributed by atoms with E-state index in [1.54, 1.807) is 30.6 Å². The van der Waals surface area contributed by atoms with Crippen molar-refractivity contribution in [3.05, 3.63) is 82.7 Å². The average Bonchev–Trinajstić information content (AvgIpc) is 2.92. The molecule has 198 valence electrons. The Hall–Kier alpha value is -3.94. The van der Waals surface area contributed by atoms with Crippen LogP contribution in [-0.2, 0) is 10.9 Å². The molecular weight excluding hydrogens is 495 g/mol. The van der Waals surface area contributed by atoms with Gasteiger partial charge in [0.05, 0.1) is 24.3 Å². The van der Waals surface area contributed by atoms with Crippen molar-refractivity contribution in [2.75, 3.05) is 50.0 Å². The summed E-state index contributed by atoms with van der Waals surface area (Å²) in [7, 11) is 0. The Balaban J connectivity index is 1.34. The lowest BCUT2D eigenvalue weighted by Crippen LogP contribution is -2.37. The minimum atomic E-state index is -4.52. The van der Waals surface area contributed by atoms with Gasteiger partial charge in [-0.05, 0) is 55.8 Å². The Morgan fingerprint density at radius 3 is 2.58 bits per heavy atom. The molecule has 0 bridgehead atoms. The summed E-state index contributed by atoms with van der Waals surface area (Å²) >= 11 is 0. The van der Waals surface area contributed by atoms with E-state index in [1.807, 2.05) is 6.92 Å². The number of morpholine rings is 1. The SMILES string of the molecule is Cc1ccc(NC(=O)c2cccc(C(F)(F)F)c2)cc1C#Cc1cnc(NCCCN2CCOCC2)nc1. The van der Waals surface area contributed by atoms with Gasteiger partial charge in [0.2, 0.25) is 5.95 Å². The Bertz CT molecular complexity index is 1310. The largest absolute Gasteiger partial charge is 0.416 e. The van der Waals surface area contributed by atoms with Crippen LogP contribution in [0.3, 0.4) is 0 Å². The number of alkyl halides is 3. The molecule has 1 aliphatic rings. The fourth-order valence-corrected chi connectivity index (χ4v) is 3.83. The molecule has 3 aromatic rings. The molecule has 1 aromatic heterocycles. The lowest BCUT2D eigenvalue weighted by atomic mass is 10.1. The second kappa shape index (κ2) is 12.5. The van der Waals surface area contributed by atoms with Gasteiger partial charge in [-0.15, -0.1) is 0 Å². The molecule has 1 aliphatic heterocycles. The van der Waals surface area contributed by atoms with E-state index in [4.69, 9.17) is 4.74 Å². The number of aryl methyl sites for hydroxylation is 1. The number of hydrogen-bond acceptors (Lipinski definition) is 6. The fourth-order valence-electron chi connectivity index (χ4n) is 3.83. The number of anilines is 2. The van der Waals surface area contributed by atoms with E-state index in [0.717, 1.165) is 63.5 Å². The van der Waals surface area contributed by atoms with Gasteiger partial charge in [-0.3, -0.25) is 9.69 Å². The quantitative estimate of drug-likeness (QED) is 0.349. The van der Waals surface area contributed by atoms with Crippen LogP contribution in [0.1, 0.15) is 39.0 Å². The molecule has 2 heterocycles. The molecule has 2 N–H and O–H groups in total. The van der Waals surface area contributed by atoms with Crippen LogP contribution < -0.4 is 10.6 Å². The molecule has 0 spiro atoms. The van der Waals surface area contributed by atoms with Gasteiger partial charge in [0, 0.05) is 48.8 Å². The highest BCUT2D eigenvalue weighted by atomic mass is 19.4. The summed E-state index contributed by atoms with van der Waals surface area (Å²) in [5.74, 6) is 5.97. The van der Waals surface area contributed by atoms with Crippen molar-refractivity contribution in [1.82, 2.24) is 14.9 Å².